The molecule has 1 unspecified atom stereocenters. The number of hydrogen-bond donors (Lipinski definition) is 2. The van der Waals surface area contributed by atoms with Gasteiger partial charge in [-0.3, -0.25) is 0 Å². The van der Waals surface area contributed by atoms with E-state index in [1.165, 1.54) is 17.2 Å². The zero-order valence-electron chi connectivity index (χ0n) is 11.9. The van der Waals surface area contributed by atoms with Crippen molar-refractivity contribution in [2.24, 2.45) is 0 Å². The lowest BCUT2D eigenvalue weighted by Gasteiger charge is -2.20. The van der Waals surface area contributed by atoms with Crippen molar-refractivity contribution in [3.63, 3.8) is 0 Å². The summed E-state index contributed by atoms with van der Waals surface area (Å²) < 4.78 is 5.31. The average molecular weight is 273 g/mol. The first-order valence-electron chi connectivity index (χ1n) is 6.63. The zero-order chi connectivity index (χ0) is 14.7. The Balaban J connectivity index is 2.09. The summed E-state index contributed by atoms with van der Waals surface area (Å²) in [6, 6.07) is 11.5. The second-order valence-electron chi connectivity index (χ2n) is 4.97. The largest absolute Gasteiger partial charge is 0.475 e. The molecule has 0 aliphatic rings. The van der Waals surface area contributed by atoms with Crippen LogP contribution in [-0.2, 0) is 0 Å². The highest BCUT2D eigenvalue weighted by Gasteiger charge is 2.17. The molecule has 2 atom stereocenters. The van der Waals surface area contributed by atoms with Crippen molar-refractivity contribution in [3.8, 4) is 0 Å². The molecular weight excluding hydrogens is 254 g/mol. The summed E-state index contributed by atoms with van der Waals surface area (Å²) in [7, 11) is 0. The van der Waals surface area contributed by atoms with Crippen LogP contribution in [0.3, 0.4) is 0 Å². The van der Waals surface area contributed by atoms with Gasteiger partial charge >= 0.3 is 5.97 Å². The molecule has 0 saturated carbocycles. The van der Waals surface area contributed by atoms with E-state index in [0.29, 0.717) is 5.76 Å². The third-order valence-electron chi connectivity index (χ3n) is 3.42. The molecule has 1 aromatic carbocycles. The van der Waals surface area contributed by atoms with Gasteiger partial charge in [-0.1, -0.05) is 24.3 Å². The summed E-state index contributed by atoms with van der Waals surface area (Å²) in [4.78, 5) is 10.8. The highest BCUT2D eigenvalue weighted by atomic mass is 16.4. The minimum Gasteiger partial charge on any atom is -0.475 e. The fraction of sp³-hybridized carbons (Fsp3) is 0.312. The summed E-state index contributed by atoms with van der Waals surface area (Å²) in [6.45, 7) is 6.12. The Hall–Kier alpha value is -2.07. The quantitative estimate of drug-likeness (QED) is 0.872. The van der Waals surface area contributed by atoms with Crippen molar-refractivity contribution in [1.82, 2.24) is 5.32 Å². The number of nitrogens with one attached hydrogen (secondary N) is 1. The van der Waals surface area contributed by atoms with Crippen LogP contribution in [0.15, 0.2) is 40.8 Å². The van der Waals surface area contributed by atoms with Crippen LogP contribution in [0.2, 0.25) is 0 Å². The van der Waals surface area contributed by atoms with Gasteiger partial charge in [0, 0.05) is 6.04 Å². The van der Waals surface area contributed by atoms with Gasteiger partial charge in [-0.25, -0.2) is 4.79 Å². The molecule has 2 N–H and O–H groups in total. The van der Waals surface area contributed by atoms with E-state index in [4.69, 9.17) is 9.52 Å². The van der Waals surface area contributed by atoms with Gasteiger partial charge in [0.1, 0.15) is 5.76 Å². The predicted molar refractivity (Wildman–Crippen MR) is 76.8 cm³/mol. The van der Waals surface area contributed by atoms with Crippen LogP contribution >= 0.6 is 0 Å². The molecule has 0 saturated heterocycles. The summed E-state index contributed by atoms with van der Waals surface area (Å²) in [5.41, 5.74) is 2.45. The molecule has 20 heavy (non-hydrogen) atoms. The van der Waals surface area contributed by atoms with Crippen molar-refractivity contribution < 1.29 is 14.3 Å². The molecule has 0 aliphatic carbocycles. The normalized spacial score (nSPS) is 13.9. The van der Waals surface area contributed by atoms with Gasteiger partial charge in [-0.05, 0) is 44.0 Å². The van der Waals surface area contributed by atoms with Gasteiger partial charge in [0.15, 0.2) is 0 Å². The summed E-state index contributed by atoms with van der Waals surface area (Å²) in [6.07, 6.45) is 0. The van der Waals surface area contributed by atoms with Crippen molar-refractivity contribution in [1.29, 1.82) is 0 Å². The average Bonchev–Trinajstić information content (AvgIpc) is 2.88. The molecule has 4 heteroatoms. The second kappa shape index (κ2) is 5.92. The van der Waals surface area contributed by atoms with Crippen LogP contribution < -0.4 is 5.32 Å². The van der Waals surface area contributed by atoms with Gasteiger partial charge in [0.25, 0.3) is 0 Å². The third kappa shape index (κ3) is 3.08. The van der Waals surface area contributed by atoms with E-state index in [9.17, 15) is 4.79 Å². The van der Waals surface area contributed by atoms with Crippen molar-refractivity contribution in [2.75, 3.05) is 0 Å². The molecule has 2 aromatic rings. The molecule has 0 aliphatic heterocycles. The maximum Gasteiger partial charge on any atom is 0.371 e. The lowest BCUT2D eigenvalue weighted by Crippen LogP contribution is -2.22. The Morgan fingerprint density at radius 2 is 1.85 bits per heavy atom. The van der Waals surface area contributed by atoms with Gasteiger partial charge in [-0.2, -0.15) is 0 Å². The molecule has 0 amide bonds. The summed E-state index contributed by atoms with van der Waals surface area (Å²) in [5, 5.41) is 12.3. The van der Waals surface area contributed by atoms with E-state index in [1.807, 2.05) is 19.1 Å². The molecule has 0 radical (unpaired) electrons. The maximum atomic E-state index is 10.8. The third-order valence-corrected chi connectivity index (χ3v) is 3.42. The molecule has 0 fully saturated rings. The number of hydrogen-bond acceptors (Lipinski definition) is 3. The van der Waals surface area contributed by atoms with Crippen LogP contribution in [-0.4, -0.2) is 11.1 Å². The Kier molecular flexibility index (Phi) is 4.25. The molecule has 0 bridgehead atoms. The maximum absolute atomic E-state index is 10.8. The van der Waals surface area contributed by atoms with Crippen LogP contribution in [0.5, 0.6) is 0 Å². The van der Waals surface area contributed by atoms with Crippen LogP contribution in [0.1, 0.15) is 53.4 Å². The Morgan fingerprint density at radius 3 is 2.45 bits per heavy atom. The van der Waals surface area contributed by atoms with Gasteiger partial charge in [0.2, 0.25) is 5.76 Å². The lowest BCUT2D eigenvalue weighted by atomic mass is 10.0. The molecule has 0 spiro atoms. The van der Waals surface area contributed by atoms with E-state index in [2.05, 4.69) is 31.3 Å². The molecule has 4 nitrogen and oxygen atoms in total. The minimum atomic E-state index is -1.05. The molecule has 1 heterocycles. The standard InChI is InChI=1S/C16H19NO3/c1-10-6-4-5-7-13(10)11(2)17-12(3)14-8-9-15(20-14)16(18)19/h4-9,11-12,17H,1-3H3,(H,18,19)/t11-,12?/m1/s1. The lowest BCUT2D eigenvalue weighted by molar-refractivity contribution is 0.0659. The Labute approximate surface area is 118 Å². The van der Waals surface area contributed by atoms with Crippen molar-refractivity contribution >= 4 is 5.97 Å². The predicted octanol–water partition coefficient (Wildman–Crippen LogP) is 3.70. The molecular formula is C16H19NO3. The van der Waals surface area contributed by atoms with Crippen LogP contribution in [0.25, 0.3) is 0 Å². The number of benzene rings is 1. The van der Waals surface area contributed by atoms with Gasteiger partial charge in [0.05, 0.1) is 6.04 Å². The smallest absolute Gasteiger partial charge is 0.371 e. The fourth-order valence-corrected chi connectivity index (χ4v) is 2.32. The van der Waals surface area contributed by atoms with Crippen molar-refractivity contribution in [3.05, 3.63) is 59.0 Å². The number of aromatic carboxylic acids is 1. The second-order valence-corrected chi connectivity index (χ2v) is 4.97. The van der Waals surface area contributed by atoms with E-state index in [0.717, 1.165) is 0 Å². The molecule has 1 aromatic heterocycles. The summed E-state index contributed by atoms with van der Waals surface area (Å²) >= 11 is 0. The highest BCUT2D eigenvalue weighted by molar-refractivity contribution is 5.84. The van der Waals surface area contributed by atoms with Crippen LogP contribution in [0, 0.1) is 6.92 Å². The molecule has 2 rings (SSSR count). The number of carboxylic acid groups (broad SMARTS) is 1. The monoisotopic (exact) mass is 273 g/mol. The number of rotatable bonds is 5. The first kappa shape index (κ1) is 14.3. The number of carbonyl (C=O) groups is 1. The number of furan rings is 1. The number of carboxylic acids is 1. The van der Waals surface area contributed by atoms with E-state index in [1.54, 1.807) is 6.07 Å². The molecule has 106 valence electrons. The highest BCUT2D eigenvalue weighted by Crippen LogP contribution is 2.23. The van der Waals surface area contributed by atoms with Gasteiger partial charge in [-0.15, -0.1) is 0 Å². The van der Waals surface area contributed by atoms with Gasteiger partial charge < -0.3 is 14.8 Å². The van der Waals surface area contributed by atoms with E-state index in [-0.39, 0.29) is 17.8 Å². The Morgan fingerprint density at radius 1 is 1.15 bits per heavy atom. The SMILES string of the molecule is Cc1ccccc1[C@@H](C)NC(C)c1ccc(C(=O)O)o1. The topological polar surface area (TPSA) is 62.5 Å². The fourth-order valence-electron chi connectivity index (χ4n) is 2.32. The number of aryl methyl sites for hydroxylation is 1. The zero-order valence-corrected chi connectivity index (χ0v) is 11.9. The minimum absolute atomic E-state index is 0.0304. The van der Waals surface area contributed by atoms with Crippen molar-refractivity contribution in [2.45, 2.75) is 32.9 Å². The Bertz CT molecular complexity index is 603. The first-order chi connectivity index (χ1) is 9.49. The first-order valence-corrected chi connectivity index (χ1v) is 6.63. The summed E-state index contributed by atoms with van der Waals surface area (Å²) in [5.74, 6) is -0.449. The van der Waals surface area contributed by atoms with E-state index < -0.39 is 5.97 Å². The van der Waals surface area contributed by atoms with E-state index >= 15 is 0 Å². The van der Waals surface area contributed by atoms with Crippen LogP contribution in [0.4, 0.5) is 0 Å².